The number of anilines is 1. The van der Waals surface area contributed by atoms with E-state index in [2.05, 4.69) is 16.4 Å². The SMILES string of the molecule is CC(=O)c1ncc(-c2cccc(C#N)c2)cc1NC(=O)OC(C)(C)C. The van der Waals surface area contributed by atoms with E-state index in [1.165, 1.54) is 13.1 Å². The topological polar surface area (TPSA) is 92.1 Å². The van der Waals surface area contributed by atoms with Crippen LogP contribution in [0, 0.1) is 11.3 Å². The highest BCUT2D eigenvalue weighted by Gasteiger charge is 2.19. The van der Waals surface area contributed by atoms with Crippen LogP contribution >= 0.6 is 0 Å². The summed E-state index contributed by atoms with van der Waals surface area (Å²) < 4.78 is 5.23. The molecule has 25 heavy (non-hydrogen) atoms. The normalized spacial score (nSPS) is 10.7. The molecule has 1 heterocycles. The third-order valence-electron chi connectivity index (χ3n) is 3.18. The van der Waals surface area contributed by atoms with Crippen molar-refractivity contribution in [1.29, 1.82) is 5.26 Å². The molecule has 1 N–H and O–H groups in total. The number of benzene rings is 1. The van der Waals surface area contributed by atoms with Gasteiger partial charge in [0.1, 0.15) is 11.3 Å². The number of Topliss-reactive ketones (excluding diaryl/α,β-unsaturated/α-hetero) is 1. The number of hydrogen-bond donors (Lipinski definition) is 1. The number of nitriles is 1. The third-order valence-corrected chi connectivity index (χ3v) is 3.18. The van der Waals surface area contributed by atoms with Crippen molar-refractivity contribution in [3.05, 3.63) is 47.8 Å². The molecule has 1 aromatic carbocycles. The van der Waals surface area contributed by atoms with Crippen molar-refractivity contribution in [3.8, 4) is 17.2 Å². The fraction of sp³-hybridized carbons (Fsp3) is 0.263. The Morgan fingerprint density at radius 1 is 1.20 bits per heavy atom. The summed E-state index contributed by atoms with van der Waals surface area (Å²) in [4.78, 5) is 28.0. The summed E-state index contributed by atoms with van der Waals surface area (Å²) in [5.74, 6) is -0.275. The molecule has 0 bridgehead atoms. The largest absolute Gasteiger partial charge is 0.444 e. The molecule has 0 saturated heterocycles. The first kappa shape index (κ1) is 18.1. The maximum Gasteiger partial charge on any atom is 0.412 e. The number of amides is 1. The lowest BCUT2D eigenvalue weighted by Gasteiger charge is -2.20. The van der Waals surface area contributed by atoms with Gasteiger partial charge in [-0.3, -0.25) is 15.1 Å². The highest BCUT2D eigenvalue weighted by molar-refractivity contribution is 6.01. The van der Waals surface area contributed by atoms with Crippen molar-refractivity contribution in [2.45, 2.75) is 33.3 Å². The highest BCUT2D eigenvalue weighted by atomic mass is 16.6. The molecule has 6 heteroatoms. The van der Waals surface area contributed by atoms with Gasteiger partial charge in [-0.25, -0.2) is 4.79 Å². The highest BCUT2D eigenvalue weighted by Crippen LogP contribution is 2.25. The van der Waals surface area contributed by atoms with Crippen LogP contribution in [-0.4, -0.2) is 22.5 Å². The lowest BCUT2D eigenvalue weighted by atomic mass is 10.0. The summed E-state index contributed by atoms with van der Waals surface area (Å²) in [5, 5.41) is 11.6. The van der Waals surface area contributed by atoms with Crippen LogP contribution in [0.3, 0.4) is 0 Å². The average molecular weight is 337 g/mol. The molecule has 0 saturated carbocycles. The molecule has 0 spiro atoms. The second-order valence-electron chi connectivity index (χ2n) is 6.50. The molecule has 128 valence electrons. The van der Waals surface area contributed by atoms with Crippen LogP contribution in [0.25, 0.3) is 11.1 Å². The lowest BCUT2D eigenvalue weighted by Crippen LogP contribution is -2.27. The van der Waals surface area contributed by atoms with Gasteiger partial charge >= 0.3 is 6.09 Å². The van der Waals surface area contributed by atoms with Gasteiger partial charge in [0.25, 0.3) is 0 Å². The van der Waals surface area contributed by atoms with Crippen LogP contribution in [0.1, 0.15) is 43.7 Å². The molecular weight excluding hydrogens is 318 g/mol. The van der Waals surface area contributed by atoms with Gasteiger partial charge in [-0.2, -0.15) is 5.26 Å². The Balaban J connectivity index is 2.41. The van der Waals surface area contributed by atoms with E-state index in [1.54, 1.807) is 45.0 Å². The summed E-state index contributed by atoms with van der Waals surface area (Å²) in [5.41, 5.74) is 1.69. The van der Waals surface area contributed by atoms with Crippen molar-refractivity contribution in [2.75, 3.05) is 5.32 Å². The summed E-state index contributed by atoms with van der Waals surface area (Å²) in [6.45, 7) is 6.63. The molecule has 2 rings (SSSR count). The Bertz CT molecular complexity index is 861. The monoisotopic (exact) mass is 337 g/mol. The quantitative estimate of drug-likeness (QED) is 0.849. The second-order valence-corrected chi connectivity index (χ2v) is 6.50. The van der Waals surface area contributed by atoms with Gasteiger partial charge in [-0.1, -0.05) is 12.1 Å². The predicted octanol–water partition coefficient (Wildman–Crippen LogP) is 4.17. The molecule has 1 aromatic heterocycles. The smallest absolute Gasteiger partial charge is 0.412 e. The van der Waals surface area contributed by atoms with Crippen LogP contribution < -0.4 is 5.32 Å². The van der Waals surface area contributed by atoms with Crippen molar-refractivity contribution >= 4 is 17.6 Å². The van der Waals surface area contributed by atoms with Crippen molar-refractivity contribution in [3.63, 3.8) is 0 Å². The fourth-order valence-corrected chi connectivity index (χ4v) is 2.18. The van der Waals surface area contributed by atoms with E-state index in [0.717, 1.165) is 5.56 Å². The lowest BCUT2D eigenvalue weighted by molar-refractivity contribution is 0.0636. The number of rotatable bonds is 3. The third kappa shape index (κ3) is 4.88. The summed E-state index contributed by atoms with van der Waals surface area (Å²) in [7, 11) is 0. The minimum atomic E-state index is -0.667. The number of pyridine rings is 1. The van der Waals surface area contributed by atoms with Gasteiger partial charge in [-0.15, -0.1) is 0 Å². The summed E-state index contributed by atoms with van der Waals surface area (Å²) in [6.07, 6.45) is 0.868. The van der Waals surface area contributed by atoms with E-state index < -0.39 is 11.7 Å². The number of nitrogens with one attached hydrogen (secondary N) is 1. The summed E-state index contributed by atoms with van der Waals surface area (Å²) in [6, 6.07) is 10.7. The molecule has 0 aliphatic rings. The zero-order chi connectivity index (χ0) is 18.6. The number of hydrogen-bond acceptors (Lipinski definition) is 5. The molecule has 0 unspecified atom stereocenters. The van der Waals surface area contributed by atoms with E-state index >= 15 is 0 Å². The maximum absolute atomic E-state index is 12.0. The first-order valence-corrected chi connectivity index (χ1v) is 7.71. The van der Waals surface area contributed by atoms with Crippen LogP contribution in [0.2, 0.25) is 0 Å². The number of nitrogens with zero attached hydrogens (tertiary/aromatic N) is 2. The maximum atomic E-state index is 12.0. The number of ketones is 1. The minimum Gasteiger partial charge on any atom is -0.444 e. The van der Waals surface area contributed by atoms with E-state index in [0.29, 0.717) is 11.1 Å². The van der Waals surface area contributed by atoms with Gasteiger partial charge < -0.3 is 4.74 Å². The fourth-order valence-electron chi connectivity index (χ4n) is 2.18. The predicted molar refractivity (Wildman–Crippen MR) is 94.2 cm³/mol. The zero-order valence-electron chi connectivity index (χ0n) is 14.6. The zero-order valence-corrected chi connectivity index (χ0v) is 14.6. The Kier molecular flexibility index (Phi) is 5.18. The van der Waals surface area contributed by atoms with E-state index in [-0.39, 0.29) is 17.2 Å². The van der Waals surface area contributed by atoms with Crippen molar-refractivity contribution in [2.24, 2.45) is 0 Å². The molecule has 1 amide bonds. The molecule has 6 nitrogen and oxygen atoms in total. The summed E-state index contributed by atoms with van der Waals surface area (Å²) >= 11 is 0. The van der Waals surface area contributed by atoms with Gasteiger partial charge in [0.2, 0.25) is 0 Å². The Morgan fingerprint density at radius 3 is 2.52 bits per heavy atom. The number of ether oxygens (including phenoxy) is 1. The van der Waals surface area contributed by atoms with E-state index in [1.807, 2.05) is 6.07 Å². The van der Waals surface area contributed by atoms with Crippen LogP contribution in [0.15, 0.2) is 36.5 Å². The first-order chi connectivity index (χ1) is 11.7. The molecule has 0 fully saturated rings. The Labute approximate surface area is 146 Å². The van der Waals surface area contributed by atoms with Gasteiger partial charge in [0.05, 0.1) is 17.3 Å². The van der Waals surface area contributed by atoms with Crippen LogP contribution in [0.5, 0.6) is 0 Å². The number of aromatic nitrogens is 1. The number of carbonyl (C=O) groups excluding carboxylic acids is 2. The Hall–Kier alpha value is -3.20. The van der Waals surface area contributed by atoms with E-state index in [9.17, 15) is 9.59 Å². The van der Waals surface area contributed by atoms with Crippen LogP contribution in [-0.2, 0) is 4.74 Å². The average Bonchev–Trinajstić information content (AvgIpc) is 2.52. The van der Waals surface area contributed by atoms with Crippen molar-refractivity contribution in [1.82, 2.24) is 4.98 Å². The Morgan fingerprint density at radius 2 is 1.92 bits per heavy atom. The second kappa shape index (κ2) is 7.14. The van der Waals surface area contributed by atoms with Gasteiger partial charge in [0.15, 0.2) is 5.78 Å². The van der Waals surface area contributed by atoms with Gasteiger partial charge in [-0.05, 0) is 44.5 Å². The standard InChI is InChI=1S/C19H19N3O3/c1-12(23)17-16(22-18(24)25-19(2,3)4)9-15(11-21-17)14-7-5-6-13(8-14)10-20/h5-9,11H,1-4H3,(H,22,24). The van der Waals surface area contributed by atoms with E-state index in [4.69, 9.17) is 10.00 Å². The molecule has 0 aliphatic heterocycles. The number of carbonyl (C=O) groups is 2. The molecular formula is C19H19N3O3. The molecule has 2 aromatic rings. The first-order valence-electron chi connectivity index (χ1n) is 7.71. The molecule has 0 atom stereocenters. The molecule has 0 aliphatic carbocycles. The van der Waals surface area contributed by atoms with Crippen LogP contribution in [0.4, 0.5) is 10.5 Å². The van der Waals surface area contributed by atoms with Crippen molar-refractivity contribution < 1.29 is 14.3 Å². The van der Waals surface area contributed by atoms with Gasteiger partial charge in [0, 0.05) is 18.7 Å². The molecule has 0 radical (unpaired) electrons. The minimum absolute atomic E-state index is 0.144.